The third-order valence-corrected chi connectivity index (χ3v) is 6.21. The lowest BCUT2D eigenvalue weighted by Gasteiger charge is -2.30. The monoisotopic (exact) mass is 375 g/mol. The van der Waals surface area contributed by atoms with Gasteiger partial charge in [0.15, 0.2) is 0 Å². The van der Waals surface area contributed by atoms with Crippen LogP contribution in [0.15, 0.2) is 42.7 Å². The second kappa shape index (κ2) is 8.05. The van der Waals surface area contributed by atoms with Crippen LogP contribution in [-0.4, -0.2) is 49.5 Å². The number of nitrogens with zero attached hydrogens (tertiary/aromatic N) is 1. The molecule has 2 aromatic rings. The van der Waals surface area contributed by atoms with Crippen molar-refractivity contribution in [2.45, 2.75) is 19.3 Å². The fraction of sp³-hybridized carbons (Fsp3) is 0.421. The molecule has 26 heavy (non-hydrogen) atoms. The largest absolute Gasteiger partial charge is 0.367 e. The summed E-state index contributed by atoms with van der Waals surface area (Å²) in [5.41, 5.74) is 2.80. The van der Waals surface area contributed by atoms with Gasteiger partial charge in [0.05, 0.1) is 11.8 Å². The molecule has 3 rings (SSSR count). The molecule has 0 unspecified atom stereocenters. The van der Waals surface area contributed by atoms with Gasteiger partial charge in [0.2, 0.25) is 10.0 Å². The molecule has 2 N–H and O–H groups in total. The average molecular weight is 375 g/mol. The highest BCUT2D eigenvalue weighted by Gasteiger charge is 2.25. The highest BCUT2D eigenvalue weighted by Crippen LogP contribution is 2.19. The lowest BCUT2D eigenvalue weighted by atomic mass is 9.98. The molecule has 1 aromatic heterocycles. The zero-order valence-corrected chi connectivity index (χ0v) is 15.8. The van der Waals surface area contributed by atoms with Crippen molar-refractivity contribution in [3.05, 3.63) is 59.4 Å². The molecule has 1 aromatic carbocycles. The van der Waals surface area contributed by atoms with Crippen LogP contribution in [0, 0.1) is 5.92 Å². The van der Waals surface area contributed by atoms with Gasteiger partial charge < -0.3 is 10.3 Å². The number of aromatic amines is 1. The SMILES string of the molecule is CS(=O)(=O)N1CCC(CNC(=O)c2c[nH]cc2Cc2ccccc2)CC1. The van der Waals surface area contributed by atoms with Crippen LogP contribution >= 0.6 is 0 Å². The van der Waals surface area contributed by atoms with Crippen LogP contribution in [0.3, 0.4) is 0 Å². The number of benzene rings is 1. The number of aromatic nitrogens is 1. The fourth-order valence-corrected chi connectivity index (χ4v) is 4.22. The number of amides is 1. The minimum absolute atomic E-state index is 0.0808. The van der Waals surface area contributed by atoms with Crippen LogP contribution in [0.5, 0.6) is 0 Å². The second-order valence-electron chi connectivity index (χ2n) is 6.87. The molecule has 0 bridgehead atoms. The van der Waals surface area contributed by atoms with Gasteiger partial charge in [0.25, 0.3) is 5.91 Å². The Balaban J connectivity index is 1.53. The van der Waals surface area contributed by atoms with E-state index in [1.54, 1.807) is 6.20 Å². The molecule has 140 valence electrons. The van der Waals surface area contributed by atoms with Crippen molar-refractivity contribution in [1.82, 2.24) is 14.6 Å². The van der Waals surface area contributed by atoms with Gasteiger partial charge in [-0.1, -0.05) is 30.3 Å². The van der Waals surface area contributed by atoms with Crippen LogP contribution in [0.25, 0.3) is 0 Å². The van der Waals surface area contributed by atoms with Crippen LogP contribution in [0.2, 0.25) is 0 Å². The molecule has 1 aliphatic rings. The summed E-state index contributed by atoms with van der Waals surface area (Å²) in [6, 6.07) is 10.0. The van der Waals surface area contributed by atoms with Gasteiger partial charge >= 0.3 is 0 Å². The molecule has 1 saturated heterocycles. The zero-order chi connectivity index (χ0) is 18.6. The molecule has 0 aliphatic carbocycles. The number of sulfonamides is 1. The van der Waals surface area contributed by atoms with Crippen LogP contribution in [0.1, 0.15) is 34.3 Å². The number of carbonyl (C=O) groups excluding carboxylic acids is 1. The first-order valence-electron chi connectivity index (χ1n) is 8.86. The van der Waals surface area contributed by atoms with E-state index >= 15 is 0 Å². The van der Waals surface area contributed by atoms with Crippen molar-refractivity contribution in [1.29, 1.82) is 0 Å². The number of piperidine rings is 1. The Labute approximate surface area is 154 Å². The maximum absolute atomic E-state index is 12.5. The van der Waals surface area contributed by atoms with E-state index in [0.717, 1.165) is 24.0 Å². The van der Waals surface area contributed by atoms with E-state index in [0.29, 0.717) is 37.5 Å². The van der Waals surface area contributed by atoms with Gasteiger partial charge in [0, 0.05) is 32.0 Å². The zero-order valence-electron chi connectivity index (χ0n) is 14.9. The fourth-order valence-electron chi connectivity index (χ4n) is 3.35. The summed E-state index contributed by atoms with van der Waals surface area (Å²) in [5.74, 6) is 0.233. The molecule has 1 fully saturated rings. The minimum atomic E-state index is -3.11. The molecule has 1 amide bonds. The Kier molecular flexibility index (Phi) is 5.78. The van der Waals surface area contributed by atoms with E-state index in [1.165, 1.54) is 10.6 Å². The average Bonchev–Trinajstić information content (AvgIpc) is 3.08. The molecule has 0 saturated carbocycles. The third-order valence-electron chi connectivity index (χ3n) is 4.91. The van der Waals surface area contributed by atoms with Crippen LogP contribution in [0.4, 0.5) is 0 Å². The Morgan fingerprint density at radius 1 is 1.19 bits per heavy atom. The number of carbonyl (C=O) groups is 1. The summed E-state index contributed by atoms with van der Waals surface area (Å²) in [5, 5.41) is 3.01. The Bertz CT molecular complexity index is 838. The van der Waals surface area contributed by atoms with Crippen molar-refractivity contribution in [3.63, 3.8) is 0 Å². The smallest absolute Gasteiger partial charge is 0.253 e. The number of nitrogens with one attached hydrogen (secondary N) is 2. The molecule has 0 radical (unpaired) electrons. The van der Waals surface area contributed by atoms with E-state index in [4.69, 9.17) is 0 Å². The summed E-state index contributed by atoms with van der Waals surface area (Å²) in [7, 11) is -3.11. The molecular formula is C19H25N3O3S. The van der Waals surface area contributed by atoms with Gasteiger partial charge in [-0.15, -0.1) is 0 Å². The highest BCUT2D eigenvalue weighted by atomic mass is 32.2. The number of hydrogen-bond donors (Lipinski definition) is 2. The summed E-state index contributed by atoms with van der Waals surface area (Å²) >= 11 is 0. The molecule has 6 nitrogen and oxygen atoms in total. The molecule has 2 heterocycles. The van der Waals surface area contributed by atoms with Gasteiger partial charge in [-0.3, -0.25) is 4.79 Å². The number of rotatable bonds is 6. The van der Waals surface area contributed by atoms with E-state index in [-0.39, 0.29) is 5.91 Å². The van der Waals surface area contributed by atoms with Crippen molar-refractivity contribution >= 4 is 15.9 Å². The normalized spacial score (nSPS) is 16.5. The van der Waals surface area contributed by atoms with Crippen molar-refractivity contribution in [2.75, 3.05) is 25.9 Å². The summed E-state index contributed by atoms with van der Waals surface area (Å²) in [4.78, 5) is 15.6. The van der Waals surface area contributed by atoms with Crippen LogP contribution < -0.4 is 5.32 Å². The molecule has 0 atom stereocenters. The van der Waals surface area contributed by atoms with Gasteiger partial charge in [-0.05, 0) is 36.3 Å². The van der Waals surface area contributed by atoms with E-state index < -0.39 is 10.0 Å². The first kappa shape index (κ1) is 18.7. The molecule has 7 heteroatoms. The summed E-state index contributed by atoms with van der Waals surface area (Å²) in [6.45, 7) is 1.64. The maximum atomic E-state index is 12.5. The maximum Gasteiger partial charge on any atom is 0.253 e. The number of hydrogen-bond acceptors (Lipinski definition) is 3. The molecular weight excluding hydrogens is 350 g/mol. The van der Waals surface area contributed by atoms with Gasteiger partial charge in [-0.25, -0.2) is 12.7 Å². The first-order chi connectivity index (χ1) is 12.4. The van der Waals surface area contributed by atoms with E-state index in [9.17, 15) is 13.2 Å². The lowest BCUT2D eigenvalue weighted by molar-refractivity contribution is 0.0941. The van der Waals surface area contributed by atoms with Crippen molar-refractivity contribution in [2.24, 2.45) is 5.92 Å². The predicted octanol–water partition coefficient (Wildman–Crippen LogP) is 2.01. The highest BCUT2D eigenvalue weighted by molar-refractivity contribution is 7.88. The standard InChI is InChI=1S/C19H25N3O3S/c1-26(24,25)22-9-7-16(8-10-22)12-21-19(23)18-14-20-13-17(18)11-15-5-3-2-4-6-15/h2-6,13-14,16,20H,7-12H2,1H3,(H,21,23). The van der Waals surface area contributed by atoms with E-state index in [1.807, 2.05) is 36.5 Å². The van der Waals surface area contributed by atoms with Gasteiger partial charge in [0.1, 0.15) is 0 Å². The third kappa shape index (κ3) is 4.74. The molecule has 1 aliphatic heterocycles. The topological polar surface area (TPSA) is 82.3 Å². The quantitative estimate of drug-likeness (QED) is 0.810. The van der Waals surface area contributed by atoms with E-state index in [2.05, 4.69) is 10.3 Å². The van der Waals surface area contributed by atoms with Gasteiger partial charge in [-0.2, -0.15) is 0 Å². The first-order valence-corrected chi connectivity index (χ1v) is 10.7. The van der Waals surface area contributed by atoms with Crippen molar-refractivity contribution < 1.29 is 13.2 Å². The summed E-state index contributed by atoms with van der Waals surface area (Å²) < 4.78 is 24.6. The lowest BCUT2D eigenvalue weighted by Crippen LogP contribution is -2.41. The summed E-state index contributed by atoms with van der Waals surface area (Å²) in [6.07, 6.45) is 7.11. The second-order valence-corrected chi connectivity index (χ2v) is 8.85. The Morgan fingerprint density at radius 2 is 1.88 bits per heavy atom. The minimum Gasteiger partial charge on any atom is -0.367 e. The molecule has 0 spiro atoms. The van der Waals surface area contributed by atoms with Crippen molar-refractivity contribution in [3.8, 4) is 0 Å². The van der Waals surface area contributed by atoms with Crippen LogP contribution in [-0.2, 0) is 16.4 Å². The Hall–Kier alpha value is -2.12. The predicted molar refractivity (Wildman–Crippen MR) is 102 cm³/mol. The number of H-pyrrole nitrogens is 1. The Morgan fingerprint density at radius 3 is 2.54 bits per heavy atom.